The van der Waals surface area contributed by atoms with Gasteiger partial charge in [0.25, 0.3) is 0 Å². The van der Waals surface area contributed by atoms with Gasteiger partial charge >= 0.3 is 0 Å². The zero-order valence-electron chi connectivity index (χ0n) is 13.1. The van der Waals surface area contributed by atoms with E-state index in [1.54, 1.807) is 0 Å². The van der Waals surface area contributed by atoms with E-state index < -0.39 is 0 Å². The number of hydrogen-bond donors (Lipinski definition) is 2. The normalized spacial score (nSPS) is 11.2. The molecule has 23 heavy (non-hydrogen) atoms. The van der Waals surface area contributed by atoms with Crippen LogP contribution >= 0.6 is 0 Å². The van der Waals surface area contributed by atoms with Gasteiger partial charge in [0.15, 0.2) is 0 Å². The molecule has 2 aromatic carbocycles. The Morgan fingerprint density at radius 3 is 2.43 bits per heavy atom. The Morgan fingerprint density at radius 2 is 1.74 bits per heavy atom. The quantitative estimate of drug-likeness (QED) is 0.725. The Labute approximate surface area is 134 Å². The number of anilines is 3. The maximum Gasteiger partial charge on any atom is 0.222 e. The van der Waals surface area contributed by atoms with E-state index in [4.69, 9.17) is 11.5 Å². The van der Waals surface area contributed by atoms with Crippen LogP contribution in [0.1, 0.15) is 5.56 Å². The molecular weight excluding hydrogens is 288 g/mol. The Kier molecular flexibility index (Phi) is 3.80. The third kappa shape index (κ3) is 3.21. The maximum atomic E-state index is 5.89. The molecule has 1 heterocycles. The fraction of sp³-hybridized carbons (Fsp3) is 0.118. The van der Waals surface area contributed by atoms with Crippen LogP contribution < -0.4 is 16.4 Å². The van der Waals surface area contributed by atoms with Gasteiger partial charge in [-0.1, -0.05) is 12.1 Å². The van der Waals surface area contributed by atoms with Gasteiger partial charge in [0.2, 0.25) is 5.95 Å². The summed E-state index contributed by atoms with van der Waals surface area (Å²) in [7, 11) is 4.02. The molecule has 0 aliphatic rings. The minimum absolute atomic E-state index is 0.173. The zero-order chi connectivity index (χ0) is 16.4. The first-order chi connectivity index (χ1) is 11.0. The van der Waals surface area contributed by atoms with Crippen LogP contribution in [0.15, 0.2) is 47.5 Å². The van der Waals surface area contributed by atoms with Gasteiger partial charge in [0.05, 0.1) is 11.2 Å². The first-order valence-corrected chi connectivity index (χ1v) is 7.17. The molecule has 0 amide bonds. The number of aromatic nitrogens is 2. The molecular formula is C17H18N6. The molecule has 0 aliphatic carbocycles. The molecule has 0 unspecified atom stereocenters. The van der Waals surface area contributed by atoms with Crippen LogP contribution in [0.25, 0.3) is 10.9 Å². The molecule has 6 heteroatoms. The van der Waals surface area contributed by atoms with Gasteiger partial charge in [-0.25, -0.2) is 4.98 Å². The number of benzene rings is 2. The number of rotatable bonds is 3. The topological polar surface area (TPSA) is 93.4 Å². The highest BCUT2D eigenvalue weighted by atomic mass is 15.1. The van der Waals surface area contributed by atoms with Crippen LogP contribution in [-0.2, 0) is 0 Å². The monoisotopic (exact) mass is 306 g/mol. The van der Waals surface area contributed by atoms with Crippen LogP contribution in [0, 0.1) is 0 Å². The molecule has 0 bridgehead atoms. The molecule has 0 radical (unpaired) electrons. The summed E-state index contributed by atoms with van der Waals surface area (Å²) in [5, 5.41) is 0.747. The Bertz CT molecular complexity index is 868. The molecule has 0 atom stereocenters. The maximum absolute atomic E-state index is 5.89. The fourth-order valence-electron chi connectivity index (χ4n) is 2.25. The van der Waals surface area contributed by atoms with Gasteiger partial charge in [-0.3, -0.25) is 4.99 Å². The summed E-state index contributed by atoms with van der Waals surface area (Å²) in [4.78, 5) is 14.7. The van der Waals surface area contributed by atoms with E-state index in [9.17, 15) is 0 Å². The lowest BCUT2D eigenvalue weighted by atomic mass is 10.2. The van der Waals surface area contributed by atoms with Crippen molar-refractivity contribution in [2.45, 2.75) is 0 Å². The Balaban J connectivity index is 1.88. The second-order valence-corrected chi connectivity index (χ2v) is 5.41. The minimum atomic E-state index is 0.173. The standard InChI is InChI=1S/C17H18N6/c1-23(2)13-6-3-11(4-7-13)10-20-12-5-8-15-14(9-12)16(18)22-17(19)21-15/h3-10H,1-2H3,(H4,18,19,21,22). The fourth-order valence-corrected chi connectivity index (χ4v) is 2.25. The molecule has 0 aliphatic heterocycles. The minimum Gasteiger partial charge on any atom is -0.383 e. The van der Waals surface area contributed by atoms with E-state index in [2.05, 4.69) is 32.0 Å². The van der Waals surface area contributed by atoms with Crippen LogP contribution in [0.3, 0.4) is 0 Å². The third-order valence-corrected chi connectivity index (χ3v) is 3.50. The van der Waals surface area contributed by atoms with Gasteiger partial charge in [-0.15, -0.1) is 0 Å². The number of nitrogens with zero attached hydrogens (tertiary/aromatic N) is 4. The molecule has 3 rings (SSSR count). The molecule has 6 nitrogen and oxygen atoms in total. The van der Waals surface area contributed by atoms with Crippen LogP contribution in [-0.4, -0.2) is 30.3 Å². The van der Waals surface area contributed by atoms with Crippen molar-refractivity contribution >= 4 is 40.3 Å². The van der Waals surface area contributed by atoms with E-state index in [1.807, 2.05) is 50.6 Å². The number of aliphatic imine (C=N–C) groups is 1. The molecule has 0 saturated heterocycles. The number of nitrogens with two attached hydrogens (primary N) is 2. The third-order valence-electron chi connectivity index (χ3n) is 3.50. The molecule has 0 saturated carbocycles. The molecule has 3 aromatic rings. The Morgan fingerprint density at radius 1 is 1.00 bits per heavy atom. The van der Waals surface area contributed by atoms with Gasteiger partial charge in [-0.2, -0.15) is 4.98 Å². The molecule has 1 aromatic heterocycles. The summed E-state index contributed by atoms with van der Waals surface area (Å²) in [5.41, 5.74) is 15.2. The van der Waals surface area contributed by atoms with Crippen LogP contribution in [0.4, 0.5) is 23.1 Å². The lowest BCUT2D eigenvalue weighted by Crippen LogP contribution is -2.08. The van der Waals surface area contributed by atoms with Crippen molar-refractivity contribution in [3.8, 4) is 0 Å². The average molecular weight is 306 g/mol. The summed E-state index contributed by atoms with van der Waals surface area (Å²) in [6.07, 6.45) is 1.81. The van der Waals surface area contributed by atoms with Crippen molar-refractivity contribution < 1.29 is 0 Å². The summed E-state index contributed by atoms with van der Waals surface area (Å²) in [6, 6.07) is 13.7. The highest BCUT2D eigenvalue weighted by molar-refractivity contribution is 5.92. The highest BCUT2D eigenvalue weighted by Gasteiger charge is 2.03. The van der Waals surface area contributed by atoms with E-state index >= 15 is 0 Å². The predicted molar refractivity (Wildman–Crippen MR) is 96.4 cm³/mol. The smallest absolute Gasteiger partial charge is 0.222 e. The lowest BCUT2D eigenvalue weighted by Gasteiger charge is -2.11. The molecule has 0 fully saturated rings. The van der Waals surface area contributed by atoms with Gasteiger partial charge in [0.1, 0.15) is 5.82 Å². The summed E-state index contributed by atoms with van der Waals surface area (Å²) < 4.78 is 0. The number of fused-ring (bicyclic) bond motifs is 1. The van der Waals surface area contributed by atoms with Gasteiger partial charge < -0.3 is 16.4 Å². The van der Waals surface area contributed by atoms with Crippen molar-refractivity contribution in [3.05, 3.63) is 48.0 Å². The van der Waals surface area contributed by atoms with Crippen molar-refractivity contribution in [1.82, 2.24) is 9.97 Å². The van der Waals surface area contributed by atoms with E-state index in [-0.39, 0.29) is 5.95 Å². The second-order valence-electron chi connectivity index (χ2n) is 5.41. The van der Waals surface area contributed by atoms with E-state index in [0.29, 0.717) is 11.3 Å². The molecule has 4 N–H and O–H groups in total. The first-order valence-electron chi connectivity index (χ1n) is 7.17. The van der Waals surface area contributed by atoms with Crippen LogP contribution in [0.2, 0.25) is 0 Å². The van der Waals surface area contributed by atoms with Gasteiger partial charge in [0, 0.05) is 31.4 Å². The average Bonchev–Trinajstić information content (AvgIpc) is 2.53. The second kappa shape index (κ2) is 5.92. The van der Waals surface area contributed by atoms with E-state index in [0.717, 1.165) is 22.3 Å². The number of hydrogen-bond acceptors (Lipinski definition) is 6. The highest BCUT2D eigenvalue weighted by Crippen LogP contribution is 2.24. The van der Waals surface area contributed by atoms with Gasteiger partial charge in [-0.05, 0) is 35.9 Å². The lowest BCUT2D eigenvalue weighted by molar-refractivity contribution is 1.13. The van der Waals surface area contributed by atoms with Crippen molar-refractivity contribution in [3.63, 3.8) is 0 Å². The van der Waals surface area contributed by atoms with Crippen molar-refractivity contribution in [2.75, 3.05) is 30.5 Å². The van der Waals surface area contributed by atoms with Crippen molar-refractivity contribution in [2.24, 2.45) is 4.99 Å². The number of nitrogen functional groups attached to an aromatic ring is 2. The SMILES string of the molecule is CN(C)c1ccc(C=Nc2ccc3nc(N)nc(N)c3c2)cc1. The summed E-state index contributed by atoms with van der Waals surface area (Å²) in [5.74, 6) is 0.534. The molecule has 116 valence electrons. The van der Waals surface area contributed by atoms with Crippen LogP contribution in [0.5, 0.6) is 0 Å². The Hall–Kier alpha value is -3.15. The predicted octanol–water partition coefficient (Wildman–Crippen LogP) is 2.61. The first kappa shape index (κ1) is 14.8. The largest absolute Gasteiger partial charge is 0.383 e. The van der Waals surface area contributed by atoms with Crippen molar-refractivity contribution in [1.29, 1.82) is 0 Å². The summed E-state index contributed by atoms with van der Waals surface area (Å²) >= 11 is 0. The van der Waals surface area contributed by atoms with E-state index in [1.165, 1.54) is 0 Å². The summed E-state index contributed by atoms with van der Waals surface area (Å²) in [6.45, 7) is 0. The zero-order valence-corrected chi connectivity index (χ0v) is 13.1. The molecule has 0 spiro atoms.